The normalized spacial score (nSPS) is 11.4. The quantitative estimate of drug-likeness (QED) is 0.532. The maximum absolute atomic E-state index is 12.9. The fourth-order valence-electron chi connectivity index (χ4n) is 2.01. The van der Waals surface area contributed by atoms with Crippen LogP contribution in [-0.4, -0.2) is 4.92 Å². The van der Waals surface area contributed by atoms with Gasteiger partial charge in [0, 0.05) is 24.2 Å². The van der Waals surface area contributed by atoms with Crippen molar-refractivity contribution in [3.8, 4) is 0 Å². The van der Waals surface area contributed by atoms with E-state index in [1.807, 2.05) is 0 Å². The Morgan fingerprint density at radius 1 is 1.10 bits per heavy atom. The third kappa shape index (κ3) is 3.31. The molecule has 110 valence electrons. The number of nitro groups is 1. The molecule has 0 aromatic heterocycles. The SMILES string of the molecule is Nc1cc([N+](=O)[O-])ccc1Cc1ccccc1C(F)(F)F. The van der Waals surface area contributed by atoms with Crippen LogP contribution in [-0.2, 0) is 12.6 Å². The fourth-order valence-corrected chi connectivity index (χ4v) is 2.01. The van der Waals surface area contributed by atoms with Crippen LogP contribution in [0.1, 0.15) is 16.7 Å². The molecule has 2 rings (SSSR count). The number of nitrogens with two attached hydrogens (primary N) is 1. The van der Waals surface area contributed by atoms with Crippen LogP contribution in [0, 0.1) is 10.1 Å². The summed E-state index contributed by atoms with van der Waals surface area (Å²) in [5.74, 6) is 0. The van der Waals surface area contributed by atoms with E-state index >= 15 is 0 Å². The first kappa shape index (κ1) is 14.8. The summed E-state index contributed by atoms with van der Waals surface area (Å²) in [5, 5.41) is 10.6. The van der Waals surface area contributed by atoms with Crippen molar-refractivity contribution in [1.29, 1.82) is 0 Å². The third-order valence-corrected chi connectivity index (χ3v) is 3.04. The Hall–Kier alpha value is -2.57. The van der Waals surface area contributed by atoms with Gasteiger partial charge < -0.3 is 5.73 Å². The molecule has 0 amide bonds. The molecule has 0 saturated carbocycles. The number of benzene rings is 2. The van der Waals surface area contributed by atoms with Gasteiger partial charge in [0.1, 0.15) is 0 Å². The summed E-state index contributed by atoms with van der Waals surface area (Å²) >= 11 is 0. The average Bonchev–Trinajstić information content (AvgIpc) is 2.40. The summed E-state index contributed by atoms with van der Waals surface area (Å²) in [4.78, 5) is 10.0. The lowest BCUT2D eigenvalue weighted by atomic mass is 9.98. The van der Waals surface area contributed by atoms with Crippen LogP contribution in [0.3, 0.4) is 0 Å². The van der Waals surface area contributed by atoms with E-state index in [0.717, 1.165) is 12.1 Å². The number of nitrogen functional groups attached to an aromatic ring is 1. The summed E-state index contributed by atoms with van der Waals surface area (Å²) in [6.45, 7) is 0. The van der Waals surface area contributed by atoms with Gasteiger partial charge in [-0.25, -0.2) is 0 Å². The van der Waals surface area contributed by atoms with Crippen molar-refractivity contribution in [3.05, 3.63) is 69.3 Å². The number of anilines is 1. The first-order chi connectivity index (χ1) is 9.79. The maximum atomic E-state index is 12.9. The Bertz CT molecular complexity index is 684. The zero-order valence-corrected chi connectivity index (χ0v) is 10.7. The van der Waals surface area contributed by atoms with Gasteiger partial charge in [-0.1, -0.05) is 18.2 Å². The lowest BCUT2D eigenvalue weighted by Crippen LogP contribution is -2.09. The van der Waals surface area contributed by atoms with Crippen molar-refractivity contribution < 1.29 is 18.1 Å². The van der Waals surface area contributed by atoms with Gasteiger partial charge in [-0.2, -0.15) is 13.2 Å². The number of hydrogen-bond acceptors (Lipinski definition) is 3. The molecule has 0 radical (unpaired) electrons. The number of rotatable bonds is 3. The van der Waals surface area contributed by atoms with Gasteiger partial charge >= 0.3 is 6.18 Å². The van der Waals surface area contributed by atoms with Gasteiger partial charge in [0.15, 0.2) is 0 Å². The fraction of sp³-hybridized carbons (Fsp3) is 0.143. The lowest BCUT2D eigenvalue weighted by Gasteiger charge is -2.13. The molecule has 0 unspecified atom stereocenters. The second kappa shape index (κ2) is 5.43. The van der Waals surface area contributed by atoms with Crippen LogP contribution in [0.15, 0.2) is 42.5 Å². The van der Waals surface area contributed by atoms with Gasteiger partial charge in [0.25, 0.3) is 5.69 Å². The molecule has 0 aliphatic rings. The predicted molar refractivity (Wildman–Crippen MR) is 71.8 cm³/mol. The molecule has 0 bridgehead atoms. The lowest BCUT2D eigenvalue weighted by molar-refractivity contribution is -0.384. The predicted octanol–water partition coefficient (Wildman–Crippen LogP) is 3.79. The average molecular weight is 296 g/mol. The van der Waals surface area contributed by atoms with E-state index < -0.39 is 16.7 Å². The Kier molecular flexibility index (Phi) is 3.84. The summed E-state index contributed by atoms with van der Waals surface area (Å²) in [5.41, 5.74) is 5.34. The highest BCUT2D eigenvalue weighted by molar-refractivity contribution is 5.55. The number of halogens is 3. The van der Waals surface area contributed by atoms with E-state index in [2.05, 4.69) is 0 Å². The molecule has 0 fully saturated rings. The summed E-state index contributed by atoms with van der Waals surface area (Å²) < 4.78 is 38.7. The Labute approximate surface area is 118 Å². The molecule has 21 heavy (non-hydrogen) atoms. The van der Waals surface area contributed by atoms with Gasteiger partial charge in [-0.3, -0.25) is 10.1 Å². The van der Waals surface area contributed by atoms with Crippen molar-refractivity contribution in [2.45, 2.75) is 12.6 Å². The molecule has 0 heterocycles. The molecule has 0 aliphatic heterocycles. The second-order valence-corrected chi connectivity index (χ2v) is 4.47. The van der Waals surface area contributed by atoms with E-state index in [1.54, 1.807) is 0 Å². The van der Waals surface area contributed by atoms with Crippen LogP contribution in [0.2, 0.25) is 0 Å². The van der Waals surface area contributed by atoms with Crippen LogP contribution in [0.4, 0.5) is 24.5 Å². The molecule has 7 heteroatoms. The highest BCUT2D eigenvalue weighted by atomic mass is 19.4. The van der Waals surface area contributed by atoms with E-state index in [1.165, 1.54) is 30.3 Å². The van der Waals surface area contributed by atoms with E-state index in [9.17, 15) is 23.3 Å². The summed E-state index contributed by atoms with van der Waals surface area (Å²) in [6.07, 6.45) is -4.49. The number of hydrogen-bond donors (Lipinski definition) is 1. The molecular formula is C14H11F3N2O2. The van der Waals surface area contributed by atoms with Crippen LogP contribution < -0.4 is 5.73 Å². The highest BCUT2D eigenvalue weighted by Crippen LogP contribution is 2.33. The monoisotopic (exact) mass is 296 g/mol. The molecule has 2 aromatic carbocycles. The van der Waals surface area contributed by atoms with Crippen LogP contribution in [0.5, 0.6) is 0 Å². The first-order valence-electron chi connectivity index (χ1n) is 5.97. The van der Waals surface area contributed by atoms with Gasteiger partial charge in [-0.05, 0) is 23.3 Å². The number of alkyl halides is 3. The number of nitrogens with zero attached hydrogens (tertiary/aromatic N) is 1. The molecule has 2 aromatic rings. The molecule has 0 aliphatic carbocycles. The molecule has 0 spiro atoms. The number of non-ortho nitro benzene ring substituents is 1. The minimum atomic E-state index is -4.45. The molecule has 4 nitrogen and oxygen atoms in total. The van der Waals surface area contributed by atoms with Crippen molar-refractivity contribution in [2.24, 2.45) is 0 Å². The summed E-state index contributed by atoms with van der Waals surface area (Å²) in [7, 11) is 0. The third-order valence-electron chi connectivity index (χ3n) is 3.04. The molecule has 0 saturated heterocycles. The van der Waals surface area contributed by atoms with Gasteiger partial charge in [-0.15, -0.1) is 0 Å². The minimum absolute atomic E-state index is 0.0422. The van der Waals surface area contributed by atoms with E-state index in [4.69, 9.17) is 5.73 Å². The standard InChI is InChI=1S/C14H11F3N2O2/c15-14(16,17)12-4-2-1-3-9(12)7-10-5-6-11(19(20)21)8-13(10)18/h1-6,8H,7,18H2. The first-order valence-corrected chi connectivity index (χ1v) is 5.97. The number of nitro benzene ring substituents is 1. The van der Waals surface area contributed by atoms with Crippen molar-refractivity contribution in [1.82, 2.24) is 0 Å². The van der Waals surface area contributed by atoms with Crippen LogP contribution >= 0.6 is 0 Å². The minimum Gasteiger partial charge on any atom is -0.398 e. The van der Waals surface area contributed by atoms with Crippen molar-refractivity contribution in [3.63, 3.8) is 0 Å². The zero-order valence-electron chi connectivity index (χ0n) is 10.7. The zero-order chi connectivity index (χ0) is 15.6. The molecule has 2 N–H and O–H groups in total. The Balaban J connectivity index is 2.38. The highest BCUT2D eigenvalue weighted by Gasteiger charge is 2.32. The van der Waals surface area contributed by atoms with Gasteiger partial charge in [0.2, 0.25) is 0 Å². The maximum Gasteiger partial charge on any atom is 0.416 e. The van der Waals surface area contributed by atoms with Crippen LogP contribution in [0.25, 0.3) is 0 Å². The smallest absolute Gasteiger partial charge is 0.398 e. The van der Waals surface area contributed by atoms with Crippen molar-refractivity contribution >= 4 is 11.4 Å². The van der Waals surface area contributed by atoms with E-state index in [0.29, 0.717) is 5.56 Å². The van der Waals surface area contributed by atoms with E-state index in [-0.39, 0.29) is 23.4 Å². The molecular weight excluding hydrogens is 285 g/mol. The summed E-state index contributed by atoms with van der Waals surface area (Å²) in [6, 6.07) is 8.92. The largest absolute Gasteiger partial charge is 0.416 e. The molecule has 0 atom stereocenters. The van der Waals surface area contributed by atoms with Crippen molar-refractivity contribution in [2.75, 3.05) is 5.73 Å². The van der Waals surface area contributed by atoms with Gasteiger partial charge in [0.05, 0.1) is 10.5 Å². The Morgan fingerprint density at radius 2 is 1.76 bits per heavy atom. The second-order valence-electron chi connectivity index (χ2n) is 4.47. The Morgan fingerprint density at radius 3 is 2.33 bits per heavy atom. The topological polar surface area (TPSA) is 69.2 Å².